The van der Waals surface area contributed by atoms with E-state index in [9.17, 15) is 28.8 Å². The number of fused-ring (bicyclic) bond motifs is 4. The Balaban J connectivity index is 0.807. The van der Waals surface area contributed by atoms with Crippen molar-refractivity contribution >= 4 is 69.9 Å². The fourth-order valence-corrected chi connectivity index (χ4v) is 9.57. The van der Waals surface area contributed by atoms with E-state index >= 15 is 0 Å². The van der Waals surface area contributed by atoms with E-state index in [-0.39, 0.29) is 73.1 Å². The molecule has 2 aromatic heterocycles. The SMILES string of the molecule is C=CCOC(=O)Nc1ccc(NC(=O)c2cc(-c3ccc(NC(=O)c4cc(NC(=O)CCCOc5cc6c(cc5OC)C(=O)N5c7ccccc7C[C@H]5C(OC5CCCCO5)N6C(=O)OCC=C)cn4C)cc3)cn2C)cc1. The highest BCUT2D eigenvalue weighted by molar-refractivity contribution is 6.15. The Morgan fingerprint density at radius 1 is 0.718 bits per heavy atom. The van der Waals surface area contributed by atoms with Crippen molar-refractivity contribution in [2.45, 2.75) is 57.1 Å². The highest BCUT2D eigenvalue weighted by Crippen LogP contribution is 2.45. The summed E-state index contributed by atoms with van der Waals surface area (Å²) in [5.41, 5.74) is 6.30. The molecular formula is C58H60N8O12. The van der Waals surface area contributed by atoms with Crippen molar-refractivity contribution in [2.24, 2.45) is 14.1 Å². The van der Waals surface area contributed by atoms with Gasteiger partial charge in [0.2, 0.25) is 5.91 Å². The van der Waals surface area contributed by atoms with Gasteiger partial charge in [-0.3, -0.25) is 24.5 Å². The molecule has 0 bridgehead atoms. The van der Waals surface area contributed by atoms with Gasteiger partial charge in [0.05, 0.1) is 36.7 Å². The molecule has 3 atom stereocenters. The van der Waals surface area contributed by atoms with Crippen molar-refractivity contribution in [3.63, 3.8) is 0 Å². The van der Waals surface area contributed by atoms with Crippen LogP contribution >= 0.6 is 0 Å². The number of hydrogen-bond donors (Lipinski definition) is 4. The molecule has 1 saturated heterocycles. The summed E-state index contributed by atoms with van der Waals surface area (Å²) >= 11 is 0. The van der Waals surface area contributed by atoms with Gasteiger partial charge in [0.25, 0.3) is 17.7 Å². The Morgan fingerprint density at radius 3 is 2.08 bits per heavy atom. The highest BCUT2D eigenvalue weighted by Gasteiger charge is 2.50. The number of nitrogens with one attached hydrogen (secondary N) is 4. The first-order chi connectivity index (χ1) is 37.8. The molecule has 404 valence electrons. The lowest BCUT2D eigenvalue weighted by Gasteiger charge is -2.38. The summed E-state index contributed by atoms with van der Waals surface area (Å²) in [5, 5.41) is 11.2. The zero-order chi connectivity index (χ0) is 54.9. The van der Waals surface area contributed by atoms with E-state index in [1.54, 1.807) is 95.0 Å². The molecule has 0 aliphatic carbocycles. The molecule has 20 nitrogen and oxygen atoms in total. The summed E-state index contributed by atoms with van der Waals surface area (Å²) < 4.78 is 38.6. The van der Waals surface area contributed by atoms with Crippen LogP contribution in [-0.4, -0.2) is 97.0 Å². The van der Waals surface area contributed by atoms with Crippen LogP contribution in [0.5, 0.6) is 11.5 Å². The van der Waals surface area contributed by atoms with Crippen LogP contribution in [0.15, 0.2) is 135 Å². The second kappa shape index (κ2) is 24.2. The molecule has 4 aromatic carbocycles. The Kier molecular flexibility index (Phi) is 16.7. The molecule has 9 rings (SSSR count). The van der Waals surface area contributed by atoms with E-state index in [0.29, 0.717) is 59.3 Å². The number of benzene rings is 4. The Bertz CT molecular complexity index is 3230. The van der Waals surface area contributed by atoms with Crippen LogP contribution in [0, 0.1) is 0 Å². The van der Waals surface area contributed by atoms with Gasteiger partial charge in [-0.2, -0.15) is 0 Å². The maximum absolute atomic E-state index is 14.7. The lowest BCUT2D eigenvalue weighted by atomic mass is 10.1. The van der Waals surface area contributed by atoms with Gasteiger partial charge in [-0.25, -0.2) is 14.5 Å². The molecule has 0 spiro atoms. The quantitative estimate of drug-likeness (QED) is 0.0440. The highest BCUT2D eigenvalue weighted by atomic mass is 16.7. The van der Waals surface area contributed by atoms with Crippen LogP contribution in [-0.2, 0) is 44.3 Å². The third kappa shape index (κ3) is 12.1. The zero-order valence-corrected chi connectivity index (χ0v) is 43.5. The van der Waals surface area contributed by atoms with Gasteiger partial charge in [-0.15, -0.1) is 0 Å². The molecule has 5 heterocycles. The van der Waals surface area contributed by atoms with E-state index < -0.39 is 36.7 Å². The number of nitrogens with zero attached hydrogens (tertiary/aromatic N) is 4. The molecule has 0 saturated carbocycles. The van der Waals surface area contributed by atoms with Crippen molar-refractivity contribution in [1.29, 1.82) is 0 Å². The largest absolute Gasteiger partial charge is 0.493 e. The topological polar surface area (TPSA) is 222 Å². The number of rotatable bonds is 19. The van der Waals surface area contributed by atoms with E-state index in [0.717, 1.165) is 29.5 Å². The van der Waals surface area contributed by atoms with Gasteiger partial charge in [0.15, 0.2) is 24.0 Å². The average Bonchev–Trinajstić information content (AvgIpc) is 4.36. The normalized spacial score (nSPS) is 16.3. The van der Waals surface area contributed by atoms with Gasteiger partial charge in [-0.1, -0.05) is 55.6 Å². The number of ether oxygens (including phenoxy) is 6. The first kappa shape index (κ1) is 53.7. The minimum Gasteiger partial charge on any atom is -0.493 e. The summed E-state index contributed by atoms with van der Waals surface area (Å²) in [6.45, 7) is 7.78. The maximum Gasteiger partial charge on any atom is 0.416 e. The summed E-state index contributed by atoms with van der Waals surface area (Å²) in [5.74, 6) is -0.942. The van der Waals surface area contributed by atoms with Crippen molar-refractivity contribution in [1.82, 2.24) is 9.13 Å². The van der Waals surface area contributed by atoms with Crippen LogP contribution in [0.2, 0.25) is 0 Å². The second-order valence-corrected chi connectivity index (χ2v) is 18.7. The number of aryl methyl sites for hydroxylation is 2. The number of para-hydroxylation sites is 1. The van der Waals surface area contributed by atoms with E-state index in [1.165, 1.54) is 24.2 Å². The standard InChI is InChI=1S/C58H60N8O12/c1-6-25-76-57(71)62-41-23-21-40(22-24-41)61-53(68)46-30-38(34-63(46)3)36-17-19-39(20-18-36)60-54(69)47-31-42(35-64(47)4)59-51(67)15-12-28-74-50-33-45-43(32-49(50)73-5)55(70)65-44-14-9-8-13-37(44)29-48(65)56(66(45)58(72)77-26-7-2)78-52-16-10-11-27-75-52/h6-9,13-14,17-24,30-35,48,52,56H,1-2,10-12,15-16,25-29H2,3-5H3,(H,59,67)(H,60,69)(H,61,68)(H,62,71)/t48-,52?,56?/m0/s1. The van der Waals surface area contributed by atoms with Crippen molar-refractivity contribution in [3.05, 3.63) is 157 Å². The van der Waals surface area contributed by atoms with Gasteiger partial charge < -0.3 is 58.4 Å². The molecule has 4 N–H and O–H groups in total. The predicted molar refractivity (Wildman–Crippen MR) is 293 cm³/mol. The van der Waals surface area contributed by atoms with Crippen LogP contribution < -0.4 is 40.5 Å². The Hall–Kier alpha value is -9.14. The van der Waals surface area contributed by atoms with Gasteiger partial charge >= 0.3 is 12.2 Å². The third-order valence-electron chi connectivity index (χ3n) is 13.3. The number of anilines is 6. The maximum atomic E-state index is 14.7. The minimum atomic E-state index is -1.02. The molecule has 2 unspecified atom stereocenters. The second-order valence-electron chi connectivity index (χ2n) is 18.7. The summed E-state index contributed by atoms with van der Waals surface area (Å²) in [6.07, 6.45) is 6.49. The molecule has 20 heteroatoms. The fraction of sp³-hybridized carbons (Fsp3) is 0.276. The van der Waals surface area contributed by atoms with Crippen LogP contribution in [0.1, 0.15) is 69.0 Å². The number of aromatic nitrogens is 2. The van der Waals surface area contributed by atoms with Gasteiger partial charge in [0.1, 0.15) is 24.6 Å². The van der Waals surface area contributed by atoms with E-state index in [4.69, 9.17) is 28.4 Å². The van der Waals surface area contributed by atoms with Crippen LogP contribution in [0.25, 0.3) is 11.1 Å². The minimum absolute atomic E-state index is 0.0545. The van der Waals surface area contributed by atoms with E-state index in [1.807, 2.05) is 42.6 Å². The molecule has 0 radical (unpaired) electrons. The van der Waals surface area contributed by atoms with Crippen molar-refractivity contribution < 1.29 is 57.2 Å². The molecule has 1 fully saturated rings. The number of carbonyl (C=O) groups excluding carboxylic acids is 6. The van der Waals surface area contributed by atoms with Crippen molar-refractivity contribution in [2.75, 3.05) is 64.6 Å². The predicted octanol–water partition coefficient (Wildman–Crippen LogP) is 9.66. The summed E-state index contributed by atoms with van der Waals surface area (Å²) in [7, 11) is 4.92. The van der Waals surface area contributed by atoms with Crippen LogP contribution in [0.3, 0.4) is 0 Å². The fourth-order valence-electron chi connectivity index (χ4n) is 9.57. The molecule has 3 aliphatic rings. The summed E-state index contributed by atoms with van der Waals surface area (Å²) in [4.78, 5) is 83.8. The van der Waals surface area contributed by atoms with E-state index in [2.05, 4.69) is 34.4 Å². The average molecular weight is 1060 g/mol. The first-order valence-corrected chi connectivity index (χ1v) is 25.4. The summed E-state index contributed by atoms with van der Waals surface area (Å²) in [6, 6.07) is 27.2. The Morgan fingerprint density at radius 2 is 1.38 bits per heavy atom. The third-order valence-corrected chi connectivity index (χ3v) is 13.3. The number of methoxy groups -OCH3 is 1. The van der Waals surface area contributed by atoms with Crippen LogP contribution in [0.4, 0.5) is 43.7 Å². The Labute approximate surface area is 450 Å². The van der Waals surface area contributed by atoms with Crippen molar-refractivity contribution in [3.8, 4) is 22.6 Å². The molecular weight excluding hydrogens is 1000 g/mol. The molecule has 3 aliphatic heterocycles. The lowest BCUT2D eigenvalue weighted by molar-refractivity contribution is -0.190. The molecule has 6 aromatic rings. The number of carbonyl (C=O) groups is 6. The lowest BCUT2D eigenvalue weighted by Crippen LogP contribution is -2.55. The number of amides is 6. The molecule has 78 heavy (non-hydrogen) atoms. The monoisotopic (exact) mass is 1060 g/mol. The van der Waals surface area contributed by atoms with Gasteiger partial charge in [0, 0.05) is 73.9 Å². The molecule has 6 amide bonds. The smallest absolute Gasteiger partial charge is 0.416 e. The van der Waals surface area contributed by atoms with Gasteiger partial charge in [-0.05, 0) is 104 Å². The first-order valence-electron chi connectivity index (χ1n) is 25.4. The zero-order valence-electron chi connectivity index (χ0n) is 43.5. The number of hydrogen-bond acceptors (Lipinski definition) is 12.